The molecule has 0 spiro atoms. The molecule has 0 bridgehead atoms. The molecule has 2 N–H and O–H groups in total. The van der Waals surface area contributed by atoms with Gasteiger partial charge >= 0.3 is 0 Å². The minimum Gasteiger partial charge on any atom is -0.391 e. The predicted octanol–water partition coefficient (Wildman–Crippen LogP) is 1.61. The molecule has 0 aromatic carbocycles. The van der Waals surface area contributed by atoms with Gasteiger partial charge in [-0.05, 0) is 57.3 Å². The molecule has 2 nitrogen and oxygen atoms in total. The average molecular weight is 366 g/mol. The molecule has 58 valence electrons. The summed E-state index contributed by atoms with van der Waals surface area (Å²) in [6.45, 7) is 0.124. The number of hydrogen-bond donors (Lipinski definition) is 2. The average Bonchev–Trinajstić information content (AvgIpc) is 1.99. The van der Waals surface area contributed by atoms with Crippen LogP contribution in [0.1, 0.15) is 0 Å². The first kappa shape index (κ1) is 10.9. The molecule has 0 saturated carbocycles. The Morgan fingerprint density at radius 1 is 1.00 bits per heavy atom. The first-order valence-electron chi connectivity index (χ1n) is 2.63. The lowest BCUT2D eigenvalue weighted by Gasteiger charge is -1.89. The molecule has 10 heavy (non-hydrogen) atoms. The molecule has 0 atom stereocenters. The molecule has 0 fully saturated rings. The number of halogens is 2. The fraction of sp³-hybridized carbons (Fsp3) is 0.333. The zero-order valence-electron chi connectivity index (χ0n) is 5.22. The van der Waals surface area contributed by atoms with E-state index in [4.69, 9.17) is 10.2 Å². The number of hydrogen-bond acceptors (Lipinski definition) is 2. The van der Waals surface area contributed by atoms with E-state index in [-0.39, 0.29) is 13.2 Å². The third-order valence-electron chi connectivity index (χ3n) is 0.747. The molecule has 0 aliphatic rings. The minimum atomic E-state index is 0.0619. The van der Waals surface area contributed by atoms with E-state index in [1.807, 2.05) is 45.2 Å². The van der Waals surface area contributed by atoms with Gasteiger partial charge in [-0.15, -0.1) is 0 Å². The summed E-state index contributed by atoms with van der Waals surface area (Å²) in [6.07, 6.45) is 3.55. The maximum atomic E-state index is 8.55. The van der Waals surface area contributed by atoms with E-state index in [1.54, 1.807) is 12.2 Å². The van der Waals surface area contributed by atoms with Gasteiger partial charge in [0.05, 0.1) is 13.2 Å². The zero-order valence-corrected chi connectivity index (χ0v) is 9.53. The summed E-state index contributed by atoms with van der Waals surface area (Å²) in [4.78, 5) is 0. The number of allylic oxidation sites excluding steroid dienone is 2. The third-order valence-corrected chi connectivity index (χ3v) is 2.15. The SMILES string of the molecule is OC/C(I)=C\C=C(\I)CO. The van der Waals surface area contributed by atoms with Crippen molar-refractivity contribution in [3.05, 3.63) is 19.3 Å². The molecule has 0 aromatic rings. The molecule has 0 aliphatic heterocycles. The van der Waals surface area contributed by atoms with Crippen LogP contribution in [0.3, 0.4) is 0 Å². The van der Waals surface area contributed by atoms with Crippen molar-refractivity contribution in [1.29, 1.82) is 0 Å². The molecule has 0 aliphatic carbocycles. The van der Waals surface area contributed by atoms with Crippen molar-refractivity contribution in [2.45, 2.75) is 0 Å². The molecule has 0 unspecified atom stereocenters. The Morgan fingerprint density at radius 2 is 1.30 bits per heavy atom. The Morgan fingerprint density at radius 3 is 1.50 bits per heavy atom. The van der Waals surface area contributed by atoms with Crippen molar-refractivity contribution in [1.82, 2.24) is 0 Å². The van der Waals surface area contributed by atoms with E-state index in [2.05, 4.69) is 0 Å². The smallest absolute Gasteiger partial charge is 0.0738 e. The maximum absolute atomic E-state index is 8.55. The minimum absolute atomic E-state index is 0.0619. The van der Waals surface area contributed by atoms with Gasteiger partial charge in [0.1, 0.15) is 0 Å². The fourth-order valence-corrected chi connectivity index (χ4v) is 0.646. The summed E-state index contributed by atoms with van der Waals surface area (Å²) in [6, 6.07) is 0. The van der Waals surface area contributed by atoms with E-state index in [0.29, 0.717) is 0 Å². The Hall–Kier alpha value is 0.860. The van der Waals surface area contributed by atoms with Crippen LogP contribution in [0.15, 0.2) is 19.3 Å². The molecule has 0 amide bonds. The molecule has 0 heterocycles. The lowest BCUT2D eigenvalue weighted by molar-refractivity contribution is 0.339. The number of rotatable bonds is 3. The molecule has 4 heteroatoms. The summed E-state index contributed by atoms with van der Waals surface area (Å²) in [5, 5.41) is 17.1. The second-order valence-electron chi connectivity index (χ2n) is 1.54. The van der Waals surface area contributed by atoms with Gasteiger partial charge in [-0.2, -0.15) is 0 Å². The standard InChI is InChI=1S/C6H8I2O2/c7-5(3-9)1-2-6(8)4-10/h1-2,9-10H,3-4H2/b5-1+,6-2+. The predicted molar refractivity (Wildman–Crippen MR) is 58.4 cm³/mol. The zero-order chi connectivity index (χ0) is 7.98. The van der Waals surface area contributed by atoms with Crippen LogP contribution >= 0.6 is 45.2 Å². The summed E-state index contributed by atoms with van der Waals surface area (Å²) >= 11 is 4.07. The van der Waals surface area contributed by atoms with E-state index < -0.39 is 0 Å². The Labute approximate surface area is 87.3 Å². The first-order chi connectivity index (χ1) is 4.70. The Bertz CT molecular complexity index is 134. The molecule has 0 aromatic heterocycles. The van der Waals surface area contributed by atoms with Crippen molar-refractivity contribution < 1.29 is 10.2 Å². The summed E-state index contributed by atoms with van der Waals surface area (Å²) < 4.78 is 1.72. The van der Waals surface area contributed by atoms with Crippen LogP contribution in [-0.2, 0) is 0 Å². The van der Waals surface area contributed by atoms with E-state index in [9.17, 15) is 0 Å². The van der Waals surface area contributed by atoms with Crippen LogP contribution in [0.25, 0.3) is 0 Å². The second kappa shape index (κ2) is 6.56. The van der Waals surface area contributed by atoms with Crippen molar-refractivity contribution in [3.63, 3.8) is 0 Å². The highest BCUT2D eigenvalue weighted by Gasteiger charge is 1.86. The maximum Gasteiger partial charge on any atom is 0.0738 e. The normalized spacial score (nSPS) is 14.0. The van der Waals surface area contributed by atoms with E-state index in [1.165, 1.54) is 0 Å². The topological polar surface area (TPSA) is 40.5 Å². The van der Waals surface area contributed by atoms with Gasteiger partial charge in [-0.25, -0.2) is 0 Å². The van der Waals surface area contributed by atoms with Gasteiger partial charge in [0, 0.05) is 7.16 Å². The molecule has 0 radical (unpaired) electrons. The highest BCUT2D eigenvalue weighted by atomic mass is 127. The third kappa shape index (κ3) is 5.63. The molecule has 0 rings (SSSR count). The molecule has 0 saturated heterocycles. The largest absolute Gasteiger partial charge is 0.391 e. The van der Waals surface area contributed by atoms with Gasteiger partial charge in [0.2, 0.25) is 0 Å². The lowest BCUT2D eigenvalue weighted by Crippen LogP contribution is -1.80. The van der Waals surface area contributed by atoms with Crippen LogP contribution in [-0.4, -0.2) is 23.4 Å². The van der Waals surface area contributed by atoms with Gasteiger partial charge in [0.15, 0.2) is 0 Å². The van der Waals surface area contributed by atoms with Crippen molar-refractivity contribution >= 4 is 45.2 Å². The van der Waals surface area contributed by atoms with Crippen molar-refractivity contribution in [2.24, 2.45) is 0 Å². The quantitative estimate of drug-likeness (QED) is 0.589. The van der Waals surface area contributed by atoms with Crippen molar-refractivity contribution in [2.75, 3.05) is 13.2 Å². The van der Waals surface area contributed by atoms with Crippen LogP contribution in [0.2, 0.25) is 0 Å². The van der Waals surface area contributed by atoms with Crippen molar-refractivity contribution in [3.8, 4) is 0 Å². The summed E-state index contributed by atoms with van der Waals surface area (Å²) in [7, 11) is 0. The number of aliphatic hydroxyl groups is 2. The van der Waals surface area contributed by atoms with Gasteiger partial charge in [0.25, 0.3) is 0 Å². The Kier molecular flexibility index (Phi) is 7.13. The van der Waals surface area contributed by atoms with E-state index in [0.717, 1.165) is 7.16 Å². The lowest BCUT2D eigenvalue weighted by atomic mass is 10.4. The summed E-state index contributed by atoms with van der Waals surface area (Å²) in [5.74, 6) is 0. The van der Waals surface area contributed by atoms with Crippen LogP contribution < -0.4 is 0 Å². The van der Waals surface area contributed by atoms with Gasteiger partial charge < -0.3 is 10.2 Å². The summed E-state index contributed by atoms with van der Waals surface area (Å²) in [5.41, 5.74) is 0. The van der Waals surface area contributed by atoms with Crippen LogP contribution in [0.5, 0.6) is 0 Å². The van der Waals surface area contributed by atoms with Gasteiger partial charge in [-0.3, -0.25) is 0 Å². The number of aliphatic hydroxyl groups excluding tert-OH is 2. The highest BCUT2D eigenvalue weighted by molar-refractivity contribution is 14.1. The van der Waals surface area contributed by atoms with Crippen LogP contribution in [0, 0.1) is 0 Å². The fourth-order valence-electron chi connectivity index (χ4n) is 0.286. The monoisotopic (exact) mass is 366 g/mol. The van der Waals surface area contributed by atoms with E-state index >= 15 is 0 Å². The highest BCUT2D eigenvalue weighted by Crippen LogP contribution is 2.08. The second-order valence-corrected chi connectivity index (χ2v) is 4.31. The molecular formula is C6H8I2O2. The molecular weight excluding hydrogens is 358 g/mol. The van der Waals surface area contributed by atoms with Crippen LogP contribution in [0.4, 0.5) is 0 Å². The van der Waals surface area contributed by atoms with Gasteiger partial charge in [-0.1, -0.05) is 0 Å². The Balaban J connectivity index is 3.91. The first-order valence-corrected chi connectivity index (χ1v) is 4.79.